The topological polar surface area (TPSA) is 35.5 Å². The van der Waals surface area contributed by atoms with Gasteiger partial charge >= 0.3 is 5.97 Å². The van der Waals surface area contributed by atoms with Crippen molar-refractivity contribution in [2.45, 2.75) is 0 Å². The van der Waals surface area contributed by atoms with Gasteiger partial charge in [-0.25, -0.2) is 4.79 Å². The summed E-state index contributed by atoms with van der Waals surface area (Å²) in [7, 11) is 1.60. The number of para-hydroxylation sites is 1. The van der Waals surface area contributed by atoms with Crippen LogP contribution in [0, 0.1) is 0 Å². The normalized spacial score (nSPS) is 11.0. The van der Waals surface area contributed by atoms with Gasteiger partial charge < -0.3 is 9.47 Å². The summed E-state index contributed by atoms with van der Waals surface area (Å²) >= 11 is 0. The molecule has 0 heterocycles. The van der Waals surface area contributed by atoms with Crippen molar-refractivity contribution in [3.8, 4) is 5.75 Å². The molecule has 0 amide bonds. The summed E-state index contributed by atoms with van der Waals surface area (Å²) in [4.78, 5) is 11.6. The Morgan fingerprint density at radius 1 is 1.00 bits per heavy atom. The van der Waals surface area contributed by atoms with E-state index in [1.807, 2.05) is 66.7 Å². The zero-order chi connectivity index (χ0) is 15.6. The van der Waals surface area contributed by atoms with Gasteiger partial charge in [-0.15, -0.1) is 0 Å². The molecule has 112 valence electrons. The molecule has 0 aromatic heterocycles. The van der Waals surface area contributed by atoms with Gasteiger partial charge in [0.15, 0.2) is 0 Å². The molecule has 0 unspecified atom stereocenters. The van der Waals surface area contributed by atoms with Crippen molar-refractivity contribution in [1.29, 1.82) is 0 Å². The Bertz CT molecular complexity index is 657. The first kappa shape index (κ1) is 15.6. The lowest BCUT2D eigenvalue weighted by atomic mass is 10.2. The van der Waals surface area contributed by atoms with E-state index in [1.165, 1.54) is 6.08 Å². The minimum absolute atomic E-state index is 0.240. The van der Waals surface area contributed by atoms with Gasteiger partial charge in [-0.2, -0.15) is 0 Å². The molecule has 0 atom stereocenters. The summed E-state index contributed by atoms with van der Waals surface area (Å²) < 4.78 is 10.3. The van der Waals surface area contributed by atoms with E-state index in [4.69, 9.17) is 9.47 Å². The highest BCUT2D eigenvalue weighted by molar-refractivity contribution is 5.87. The lowest BCUT2D eigenvalue weighted by molar-refractivity contribution is -0.136. The summed E-state index contributed by atoms with van der Waals surface area (Å²) in [5, 5.41) is 0. The zero-order valence-electron chi connectivity index (χ0n) is 12.4. The van der Waals surface area contributed by atoms with Crippen LogP contribution in [0.3, 0.4) is 0 Å². The van der Waals surface area contributed by atoms with Gasteiger partial charge in [0.2, 0.25) is 0 Å². The monoisotopic (exact) mass is 294 g/mol. The van der Waals surface area contributed by atoms with Crippen LogP contribution >= 0.6 is 0 Å². The molecular weight excluding hydrogens is 276 g/mol. The molecular formula is C19H18O3. The van der Waals surface area contributed by atoms with E-state index < -0.39 is 0 Å². The number of rotatable bonds is 6. The smallest absolute Gasteiger partial charge is 0.331 e. The van der Waals surface area contributed by atoms with Crippen molar-refractivity contribution in [2.75, 3.05) is 13.7 Å². The molecule has 0 saturated heterocycles. The molecule has 0 fully saturated rings. The fourth-order valence-electron chi connectivity index (χ4n) is 1.89. The second kappa shape index (κ2) is 8.47. The molecule has 0 spiro atoms. The van der Waals surface area contributed by atoms with Gasteiger partial charge in [0.05, 0.1) is 7.11 Å². The molecule has 3 heteroatoms. The maximum atomic E-state index is 11.6. The van der Waals surface area contributed by atoms with Gasteiger partial charge in [0, 0.05) is 11.6 Å². The number of benzene rings is 2. The standard InChI is InChI=1S/C19H18O3/c1-21-18-12-6-5-11-17(18)13-14-19(20)22-15-7-10-16-8-3-2-4-9-16/h2-14H,15H2,1H3/b10-7+,14-13+. The molecule has 0 saturated carbocycles. The Hall–Kier alpha value is -2.81. The van der Waals surface area contributed by atoms with Gasteiger partial charge in [0.1, 0.15) is 12.4 Å². The van der Waals surface area contributed by atoms with Crippen LogP contribution in [0.4, 0.5) is 0 Å². The number of carbonyl (C=O) groups is 1. The van der Waals surface area contributed by atoms with E-state index in [-0.39, 0.29) is 12.6 Å². The average molecular weight is 294 g/mol. The summed E-state index contributed by atoms with van der Waals surface area (Å²) in [6.07, 6.45) is 6.80. The third kappa shape index (κ3) is 4.94. The molecule has 2 rings (SSSR count). The van der Waals surface area contributed by atoms with E-state index in [2.05, 4.69) is 0 Å². The van der Waals surface area contributed by atoms with Crippen LogP contribution in [0.1, 0.15) is 11.1 Å². The van der Waals surface area contributed by atoms with Gasteiger partial charge in [-0.1, -0.05) is 54.6 Å². The molecule has 0 N–H and O–H groups in total. The van der Waals surface area contributed by atoms with Crippen molar-refractivity contribution in [1.82, 2.24) is 0 Å². The lowest BCUT2D eigenvalue weighted by Gasteiger charge is -2.03. The van der Waals surface area contributed by atoms with Crippen molar-refractivity contribution in [3.63, 3.8) is 0 Å². The Kier molecular flexibility index (Phi) is 6.00. The van der Waals surface area contributed by atoms with Crippen LogP contribution in [0.25, 0.3) is 12.2 Å². The van der Waals surface area contributed by atoms with E-state index in [1.54, 1.807) is 13.2 Å². The minimum Gasteiger partial charge on any atom is -0.496 e. The van der Waals surface area contributed by atoms with E-state index >= 15 is 0 Å². The predicted molar refractivity (Wildman–Crippen MR) is 88.5 cm³/mol. The Morgan fingerprint density at radius 2 is 1.73 bits per heavy atom. The second-order valence-corrected chi connectivity index (χ2v) is 4.52. The molecule has 0 aliphatic rings. The average Bonchev–Trinajstić information content (AvgIpc) is 2.58. The van der Waals surface area contributed by atoms with Gasteiger partial charge in [0.25, 0.3) is 0 Å². The Labute approximate surface area is 130 Å². The van der Waals surface area contributed by atoms with Crippen LogP contribution in [-0.4, -0.2) is 19.7 Å². The highest BCUT2D eigenvalue weighted by Gasteiger charge is 1.99. The highest BCUT2D eigenvalue weighted by Crippen LogP contribution is 2.18. The van der Waals surface area contributed by atoms with Gasteiger partial charge in [-0.05, 0) is 23.8 Å². The number of esters is 1. The molecule has 3 nitrogen and oxygen atoms in total. The SMILES string of the molecule is COc1ccccc1/C=C/C(=O)OC/C=C/c1ccccc1. The molecule has 0 aliphatic carbocycles. The fraction of sp³-hybridized carbons (Fsp3) is 0.105. The number of hydrogen-bond donors (Lipinski definition) is 0. The lowest BCUT2D eigenvalue weighted by Crippen LogP contribution is -2.00. The quantitative estimate of drug-likeness (QED) is 0.597. The third-order valence-corrected chi connectivity index (χ3v) is 2.97. The molecule has 0 bridgehead atoms. The number of carbonyl (C=O) groups excluding carboxylic acids is 1. The highest BCUT2D eigenvalue weighted by atomic mass is 16.5. The third-order valence-electron chi connectivity index (χ3n) is 2.97. The number of ether oxygens (including phenoxy) is 2. The Balaban J connectivity index is 1.83. The number of hydrogen-bond acceptors (Lipinski definition) is 3. The molecule has 0 radical (unpaired) electrons. The first-order valence-corrected chi connectivity index (χ1v) is 6.99. The second-order valence-electron chi connectivity index (χ2n) is 4.52. The van der Waals surface area contributed by atoms with Crippen molar-refractivity contribution in [3.05, 3.63) is 77.9 Å². The van der Waals surface area contributed by atoms with E-state index in [0.29, 0.717) is 0 Å². The molecule has 2 aromatic rings. The van der Waals surface area contributed by atoms with Gasteiger partial charge in [-0.3, -0.25) is 0 Å². The maximum absolute atomic E-state index is 11.6. The van der Waals surface area contributed by atoms with Crippen LogP contribution < -0.4 is 4.74 Å². The van der Waals surface area contributed by atoms with E-state index in [0.717, 1.165) is 16.9 Å². The van der Waals surface area contributed by atoms with Crippen molar-refractivity contribution < 1.29 is 14.3 Å². The largest absolute Gasteiger partial charge is 0.496 e. The van der Waals surface area contributed by atoms with E-state index in [9.17, 15) is 4.79 Å². The zero-order valence-corrected chi connectivity index (χ0v) is 12.4. The predicted octanol–water partition coefficient (Wildman–Crippen LogP) is 3.97. The first-order valence-electron chi connectivity index (χ1n) is 6.99. The summed E-state index contributed by atoms with van der Waals surface area (Å²) in [6.45, 7) is 0.240. The minimum atomic E-state index is -0.386. The molecule has 2 aromatic carbocycles. The maximum Gasteiger partial charge on any atom is 0.331 e. The van der Waals surface area contributed by atoms with Crippen molar-refractivity contribution >= 4 is 18.1 Å². The van der Waals surface area contributed by atoms with Crippen LogP contribution in [0.5, 0.6) is 5.75 Å². The summed E-state index contributed by atoms with van der Waals surface area (Å²) in [5.41, 5.74) is 1.91. The van der Waals surface area contributed by atoms with Crippen LogP contribution in [0.2, 0.25) is 0 Å². The summed E-state index contributed by atoms with van der Waals surface area (Å²) in [5.74, 6) is 0.333. The Morgan fingerprint density at radius 3 is 2.50 bits per heavy atom. The van der Waals surface area contributed by atoms with Crippen LogP contribution in [0.15, 0.2) is 66.7 Å². The first-order chi connectivity index (χ1) is 10.8. The fourth-order valence-corrected chi connectivity index (χ4v) is 1.89. The number of methoxy groups -OCH3 is 1. The molecule has 22 heavy (non-hydrogen) atoms. The molecule has 0 aliphatic heterocycles. The summed E-state index contributed by atoms with van der Waals surface area (Å²) in [6, 6.07) is 17.3. The van der Waals surface area contributed by atoms with Crippen molar-refractivity contribution in [2.24, 2.45) is 0 Å². The van der Waals surface area contributed by atoms with Crippen LogP contribution in [-0.2, 0) is 9.53 Å².